The number of amides is 1. The number of carbonyl (C=O) groups excluding carboxylic acids is 1. The Morgan fingerprint density at radius 2 is 2.00 bits per heavy atom. The summed E-state index contributed by atoms with van der Waals surface area (Å²) in [6.07, 6.45) is 0.100. The fourth-order valence-corrected chi connectivity index (χ4v) is 1.48. The van der Waals surface area contributed by atoms with E-state index in [0.29, 0.717) is 0 Å². The van der Waals surface area contributed by atoms with Crippen molar-refractivity contribution in [2.75, 3.05) is 5.32 Å². The maximum atomic E-state index is 13.2. The van der Waals surface area contributed by atoms with E-state index in [1.807, 2.05) is 20.8 Å². The van der Waals surface area contributed by atoms with Gasteiger partial charge in [-0.1, -0.05) is 20.8 Å². The molecule has 0 aliphatic carbocycles. The van der Waals surface area contributed by atoms with Gasteiger partial charge in [0.15, 0.2) is 0 Å². The Balaban J connectivity index is 2.77. The molecule has 6 heteroatoms. The van der Waals surface area contributed by atoms with Crippen LogP contribution in [0.1, 0.15) is 37.6 Å². The molecule has 0 heterocycles. The smallest absolute Gasteiger partial charge is 0.338 e. The van der Waals surface area contributed by atoms with E-state index in [9.17, 15) is 14.0 Å². The summed E-state index contributed by atoms with van der Waals surface area (Å²) in [5.41, 5.74) is 5.42. The first-order chi connectivity index (χ1) is 9.11. The van der Waals surface area contributed by atoms with Gasteiger partial charge < -0.3 is 16.2 Å². The Kier molecular flexibility index (Phi) is 4.83. The average Bonchev–Trinajstić information content (AvgIpc) is 2.29. The minimum absolute atomic E-state index is 0.100. The Hall–Kier alpha value is -1.95. The molecule has 1 atom stereocenters. The van der Waals surface area contributed by atoms with Crippen LogP contribution in [0, 0.1) is 11.2 Å². The quantitative estimate of drug-likeness (QED) is 0.789. The number of halogens is 1. The van der Waals surface area contributed by atoms with Crippen LogP contribution in [0.15, 0.2) is 18.2 Å². The number of hydrogen-bond acceptors (Lipinski definition) is 3. The van der Waals surface area contributed by atoms with Crippen molar-refractivity contribution in [3.05, 3.63) is 29.6 Å². The van der Waals surface area contributed by atoms with E-state index in [1.54, 1.807) is 0 Å². The monoisotopic (exact) mass is 282 g/mol. The molecular weight excluding hydrogens is 263 g/mol. The maximum absolute atomic E-state index is 13.2. The van der Waals surface area contributed by atoms with Crippen molar-refractivity contribution in [1.82, 2.24) is 0 Å². The van der Waals surface area contributed by atoms with Crippen molar-refractivity contribution in [3.8, 4) is 0 Å². The zero-order valence-electron chi connectivity index (χ0n) is 11.7. The molecule has 110 valence electrons. The largest absolute Gasteiger partial charge is 0.478 e. The standard InChI is InChI=1S/C14H19FN2O3/c1-14(2,3)11(16)7-12(18)17-8-4-5-10(15)9(6-8)13(19)20/h4-6,11H,7,16H2,1-3H3,(H,17,18)(H,19,20). The molecule has 0 saturated carbocycles. The minimum Gasteiger partial charge on any atom is -0.478 e. The summed E-state index contributed by atoms with van der Waals surface area (Å²) in [4.78, 5) is 22.6. The van der Waals surface area contributed by atoms with Crippen molar-refractivity contribution in [3.63, 3.8) is 0 Å². The summed E-state index contributed by atoms with van der Waals surface area (Å²) in [6.45, 7) is 5.77. The predicted octanol–water partition coefficient (Wildman–Crippen LogP) is 2.23. The Morgan fingerprint density at radius 3 is 2.50 bits per heavy atom. The summed E-state index contributed by atoms with van der Waals surface area (Å²) in [6, 6.07) is 3.06. The Labute approximate surface area is 117 Å². The van der Waals surface area contributed by atoms with Crippen molar-refractivity contribution in [2.24, 2.45) is 11.1 Å². The summed E-state index contributed by atoms with van der Waals surface area (Å²) in [5, 5.41) is 11.3. The maximum Gasteiger partial charge on any atom is 0.338 e. The molecule has 1 aromatic rings. The zero-order valence-corrected chi connectivity index (χ0v) is 11.7. The van der Waals surface area contributed by atoms with Gasteiger partial charge in [-0.25, -0.2) is 9.18 Å². The molecule has 0 spiro atoms. The number of carbonyl (C=O) groups is 2. The van der Waals surface area contributed by atoms with Crippen LogP contribution in [0.4, 0.5) is 10.1 Å². The molecule has 1 amide bonds. The van der Waals surface area contributed by atoms with Crippen LogP contribution in [0.25, 0.3) is 0 Å². The molecule has 4 N–H and O–H groups in total. The first-order valence-corrected chi connectivity index (χ1v) is 6.19. The SMILES string of the molecule is CC(C)(C)C(N)CC(=O)Nc1ccc(F)c(C(=O)O)c1. The molecule has 5 nitrogen and oxygen atoms in total. The van der Waals surface area contributed by atoms with Crippen LogP contribution in [0.5, 0.6) is 0 Å². The van der Waals surface area contributed by atoms with Gasteiger partial charge in [-0.3, -0.25) is 4.79 Å². The third-order valence-corrected chi connectivity index (χ3v) is 3.00. The topological polar surface area (TPSA) is 92.4 Å². The lowest BCUT2D eigenvalue weighted by atomic mass is 9.85. The molecule has 1 aromatic carbocycles. The Morgan fingerprint density at radius 1 is 1.40 bits per heavy atom. The van der Waals surface area contributed by atoms with Gasteiger partial charge in [0.25, 0.3) is 0 Å². The lowest BCUT2D eigenvalue weighted by Crippen LogP contribution is -2.38. The summed E-state index contributed by atoms with van der Waals surface area (Å²) >= 11 is 0. The molecule has 1 unspecified atom stereocenters. The molecule has 0 saturated heterocycles. The van der Waals surface area contributed by atoms with Gasteiger partial charge >= 0.3 is 5.97 Å². The molecule has 0 aliphatic heterocycles. The van der Waals surface area contributed by atoms with E-state index in [4.69, 9.17) is 10.8 Å². The second kappa shape index (κ2) is 6.00. The van der Waals surface area contributed by atoms with Crippen LogP contribution < -0.4 is 11.1 Å². The van der Waals surface area contributed by atoms with Crippen LogP contribution >= 0.6 is 0 Å². The molecular formula is C14H19FN2O3. The first-order valence-electron chi connectivity index (χ1n) is 6.19. The van der Waals surface area contributed by atoms with Gasteiger partial charge in [0.1, 0.15) is 5.82 Å². The number of rotatable bonds is 4. The van der Waals surface area contributed by atoms with Crippen LogP contribution in [-0.4, -0.2) is 23.0 Å². The first kappa shape index (κ1) is 16.1. The van der Waals surface area contributed by atoms with Crippen molar-refractivity contribution < 1.29 is 19.1 Å². The fraction of sp³-hybridized carbons (Fsp3) is 0.429. The van der Waals surface area contributed by atoms with Crippen LogP contribution in [-0.2, 0) is 4.79 Å². The van der Waals surface area contributed by atoms with E-state index in [2.05, 4.69) is 5.32 Å². The zero-order chi connectivity index (χ0) is 15.5. The van der Waals surface area contributed by atoms with Gasteiger partial charge in [0, 0.05) is 18.2 Å². The van der Waals surface area contributed by atoms with Gasteiger partial charge in [-0.15, -0.1) is 0 Å². The van der Waals surface area contributed by atoms with E-state index in [0.717, 1.165) is 12.1 Å². The third-order valence-electron chi connectivity index (χ3n) is 3.00. The molecule has 20 heavy (non-hydrogen) atoms. The molecule has 0 bridgehead atoms. The fourth-order valence-electron chi connectivity index (χ4n) is 1.48. The molecule has 0 aromatic heterocycles. The van der Waals surface area contributed by atoms with E-state index in [1.165, 1.54) is 6.07 Å². The van der Waals surface area contributed by atoms with E-state index in [-0.39, 0.29) is 29.5 Å². The second-order valence-electron chi connectivity index (χ2n) is 5.72. The van der Waals surface area contributed by atoms with Gasteiger partial charge in [-0.2, -0.15) is 0 Å². The number of hydrogen-bond donors (Lipinski definition) is 3. The van der Waals surface area contributed by atoms with Crippen LogP contribution in [0.2, 0.25) is 0 Å². The van der Waals surface area contributed by atoms with Gasteiger partial charge in [0.05, 0.1) is 5.56 Å². The van der Waals surface area contributed by atoms with Gasteiger partial charge in [0.2, 0.25) is 5.91 Å². The predicted molar refractivity (Wildman–Crippen MR) is 74.0 cm³/mol. The number of aromatic carboxylic acids is 1. The number of anilines is 1. The lowest BCUT2D eigenvalue weighted by Gasteiger charge is -2.26. The highest BCUT2D eigenvalue weighted by Crippen LogP contribution is 2.21. The summed E-state index contributed by atoms with van der Waals surface area (Å²) in [5.74, 6) is -2.57. The average molecular weight is 282 g/mol. The third kappa shape index (κ3) is 4.31. The number of carboxylic acids is 1. The molecule has 0 aliphatic rings. The number of benzene rings is 1. The summed E-state index contributed by atoms with van der Waals surface area (Å²) in [7, 11) is 0. The van der Waals surface area contributed by atoms with E-state index >= 15 is 0 Å². The summed E-state index contributed by atoms with van der Waals surface area (Å²) < 4.78 is 13.2. The van der Waals surface area contributed by atoms with Crippen molar-refractivity contribution in [2.45, 2.75) is 33.2 Å². The van der Waals surface area contributed by atoms with Crippen molar-refractivity contribution >= 4 is 17.6 Å². The van der Waals surface area contributed by atoms with Crippen LogP contribution in [0.3, 0.4) is 0 Å². The minimum atomic E-state index is -1.38. The van der Waals surface area contributed by atoms with E-state index < -0.39 is 17.3 Å². The lowest BCUT2D eigenvalue weighted by molar-refractivity contribution is -0.117. The molecule has 0 fully saturated rings. The number of nitrogens with two attached hydrogens (primary N) is 1. The number of carboxylic acid groups (broad SMARTS) is 1. The van der Waals surface area contributed by atoms with Gasteiger partial charge in [-0.05, 0) is 23.6 Å². The molecule has 1 rings (SSSR count). The highest BCUT2D eigenvalue weighted by molar-refractivity contribution is 5.94. The second-order valence-corrected chi connectivity index (χ2v) is 5.72. The highest BCUT2D eigenvalue weighted by atomic mass is 19.1. The number of nitrogens with one attached hydrogen (secondary N) is 1. The highest BCUT2D eigenvalue weighted by Gasteiger charge is 2.23. The van der Waals surface area contributed by atoms with Crippen molar-refractivity contribution in [1.29, 1.82) is 0 Å². The normalized spacial score (nSPS) is 12.8. The Bertz CT molecular complexity index is 524. The molecule has 0 radical (unpaired) electrons.